The van der Waals surface area contributed by atoms with Gasteiger partial charge < -0.3 is 14.3 Å². The highest BCUT2D eigenvalue weighted by molar-refractivity contribution is 9.10. The molecule has 0 aliphatic carbocycles. The highest BCUT2D eigenvalue weighted by atomic mass is 79.9. The van der Waals surface area contributed by atoms with Crippen LogP contribution in [0.5, 0.6) is 11.8 Å². The number of hydrogen-bond acceptors (Lipinski definition) is 4. The summed E-state index contributed by atoms with van der Waals surface area (Å²) < 4.78 is 36.1. The van der Waals surface area contributed by atoms with Gasteiger partial charge in [0.15, 0.2) is 17.3 Å². The van der Waals surface area contributed by atoms with Crippen LogP contribution in [0.15, 0.2) is 27.3 Å². The molecule has 2 aromatic rings. The lowest BCUT2D eigenvalue weighted by Gasteiger charge is -2.03. The van der Waals surface area contributed by atoms with Crippen molar-refractivity contribution in [3.05, 3.63) is 40.2 Å². The van der Waals surface area contributed by atoms with Crippen LogP contribution in [-0.4, -0.2) is 16.1 Å². The van der Waals surface area contributed by atoms with Gasteiger partial charge in [0.05, 0.1) is 0 Å². The van der Waals surface area contributed by atoms with E-state index < -0.39 is 35.1 Å². The Hall–Kier alpha value is -1.96. The third-order valence-corrected chi connectivity index (χ3v) is 2.32. The van der Waals surface area contributed by atoms with Crippen molar-refractivity contribution in [2.75, 3.05) is 0 Å². The Balaban J connectivity index is 2.30. The van der Waals surface area contributed by atoms with Crippen LogP contribution in [0.4, 0.5) is 8.78 Å². The van der Waals surface area contributed by atoms with Crippen LogP contribution in [0.2, 0.25) is 0 Å². The zero-order chi connectivity index (χ0) is 13.3. The van der Waals surface area contributed by atoms with Gasteiger partial charge in [-0.05, 0) is 12.1 Å². The summed E-state index contributed by atoms with van der Waals surface area (Å²) in [6.45, 7) is 0. The van der Waals surface area contributed by atoms with Crippen LogP contribution in [0.1, 0.15) is 10.5 Å². The van der Waals surface area contributed by atoms with Crippen LogP contribution in [0, 0.1) is 11.6 Å². The summed E-state index contributed by atoms with van der Waals surface area (Å²) in [4.78, 5) is 13.9. The fourth-order valence-corrected chi connectivity index (χ4v) is 1.51. The number of oxazole rings is 1. The van der Waals surface area contributed by atoms with E-state index in [9.17, 15) is 13.6 Å². The van der Waals surface area contributed by atoms with E-state index in [-0.39, 0.29) is 4.47 Å². The smallest absolute Gasteiger partial charge is 0.400 e. The largest absolute Gasteiger partial charge is 0.476 e. The van der Waals surface area contributed by atoms with E-state index >= 15 is 0 Å². The van der Waals surface area contributed by atoms with Gasteiger partial charge in [-0.3, -0.25) is 0 Å². The molecule has 0 atom stereocenters. The maximum atomic E-state index is 13.3. The van der Waals surface area contributed by atoms with E-state index in [4.69, 9.17) is 9.84 Å². The van der Waals surface area contributed by atoms with Gasteiger partial charge in [-0.1, -0.05) is 15.9 Å². The summed E-state index contributed by atoms with van der Waals surface area (Å²) in [5.41, 5.74) is -0.402. The molecule has 0 radical (unpaired) electrons. The molecule has 18 heavy (non-hydrogen) atoms. The average molecular weight is 320 g/mol. The quantitative estimate of drug-likeness (QED) is 0.879. The van der Waals surface area contributed by atoms with E-state index in [1.54, 1.807) is 0 Å². The molecule has 1 aromatic carbocycles. The molecule has 0 saturated heterocycles. The summed E-state index contributed by atoms with van der Waals surface area (Å²) in [5, 5.41) is 8.59. The molecule has 1 heterocycles. The van der Waals surface area contributed by atoms with Crippen molar-refractivity contribution < 1.29 is 27.8 Å². The zero-order valence-electron chi connectivity index (χ0n) is 8.49. The highest BCUT2D eigenvalue weighted by Crippen LogP contribution is 2.29. The minimum absolute atomic E-state index is 0.251. The maximum Gasteiger partial charge on any atom is 0.400 e. The normalized spacial score (nSPS) is 10.4. The summed E-state index contributed by atoms with van der Waals surface area (Å²) in [6, 6.07) is 2.07. The van der Waals surface area contributed by atoms with Crippen LogP contribution in [0.3, 0.4) is 0 Å². The number of carbonyl (C=O) groups is 1. The molecule has 0 bridgehead atoms. The second-order valence-corrected chi connectivity index (χ2v) is 4.02. The number of ether oxygens (including phenoxy) is 1. The first-order valence-electron chi connectivity index (χ1n) is 4.48. The predicted octanol–water partition coefficient (Wildman–Crippen LogP) is 3.21. The van der Waals surface area contributed by atoms with E-state index in [2.05, 4.69) is 25.3 Å². The van der Waals surface area contributed by atoms with Gasteiger partial charge >= 0.3 is 12.0 Å². The molecule has 1 N–H and O–H groups in total. The summed E-state index contributed by atoms with van der Waals surface area (Å²) in [5.74, 6) is -4.15. The van der Waals surface area contributed by atoms with E-state index in [0.29, 0.717) is 0 Å². The molecule has 0 aliphatic rings. The van der Waals surface area contributed by atoms with Crippen molar-refractivity contribution in [2.24, 2.45) is 0 Å². The standard InChI is InChI=1S/C10H4BrF2NO4/c11-4-1-5(12)8(13)7(2-4)18-10-14-6(3-17-10)9(15)16/h1-3H,(H,15,16). The Morgan fingerprint density at radius 2 is 2.17 bits per heavy atom. The SMILES string of the molecule is O=C(O)c1coc(Oc2cc(Br)cc(F)c2F)n1. The lowest BCUT2D eigenvalue weighted by atomic mass is 10.3. The first-order chi connectivity index (χ1) is 8.47. The molecule has 0 spiro atoms. The Labute approximate surface area is 107 Å². The minimum atomic E-state index is -1.32. The van der Waals surface area contributed by atoms with Gasteiger partial charge in [-0.2, -0.15) is 9.37 Å². The van der Waals surface area contributed by atoms with Gasteiger partial charge in [0.1, 0.15) is 6.26 Å². The Morgan fingerprint density at radius 3 is 2.78 bits per heavy atom. The van der Waals surface area contributed by atoms with Crippen LogP contribution >= 0.6 is 15.9 Å². The number of rotatable bonds is 3. The zero-order valence-corrected chi connectivity index (χ0v) is 10.1. The van der Waals surface area contributed by atoms with Crippen molar-refractivity contribution in [1.82, 2.24) is 4.98 Å². The molecular weight excluding hydrogens is 316 g/mol. The number of carboxylic acids is 1. The van der Waals surface area contributed by atoms with Crippen molar-refractivity contribution in [2.45, 2.75) is 0 Å². The summed E-state index contributed by atoms with van der Waals surface area (Å²) in [6.07, 6.45) is 0.327. The van der Waals surface area contributed by atoms with Crippen LogP contribution in [-0.2, 0) is 0 Å². The van der Waals surface area contributed by atoms with Gasteiger partial charge in [-0.25, -0.2) is 9.18 Å². The number of carboxylic acid groups (broad SMARTS) is 1. The number of aromatic nitrogens is 1. The highest BCUT2D eigenvalue weighted by Gasteiger charge is 2.16. The first-order valence-corrected chi connectivity index (χ1v) is 5.28. The van der Waals surface area contributed by atoms with Gasteiger partial charge in [-0.15, -0.1) is 0 Å². The lowest BCUT2D eigenvalue weighted by molar-refractivity contribution is 0.0690. The van der Waals surface area contributed by atoms with Crippen molar-refractivity contribution in [3.8, 4) is 11.8 Å². The molecule has 0 amide bonds. The Morgan fingerprint density at radius 1 is 1.44 bits per heavy atom. The second-order valence-electron chi connectivity index (χ2n) is 3.11. The molecule has 0 aliphatic heterocycles. The van der Waals surface area contributed by atoms with Gasteiger partial charge in [0.2, 0.25) is 5.82 Å². The number of aromatic carboxylic acids is 1. The predicted molar refractivity (Wildman–Crippen MR) is 57.6 cm³/mol. The fourth-order valence-electron chi connectivity index (χ4n) is 1.10. The summed E-state index contributed by atoms with van der Waals surface area (Å²) >= 11 is 2.96. The number of nitrogens with zero attached hydrogens (tertiary/aromatic N) is 1. The monoisotopic (exact) mass is 319 g/mol. The van der Waals surface area contributed by atoms with E-state index in [1.807, 2.05) is 0 Å². The molecule has 0 unspecified atom stereocenters. The topological polar surface area (TPSA) is 72.6 Å². The molecule has 5 nitrogen and oxygen atoms in total. The molecule has 0 saturated carbocycles. The van der Waals surface area contributed by atoms with Gasteiger partial charge in [0, 0.05) is 4.47 Å². The number of benzene rings is 1. The Kier molecular flexibility index (Phi) is 3.28. The first kappa shape index (κ1) is 12.5. The molecule has 1 aromatic heterocycles. The van der Waals surface area contributed by atoms with Crippen LogP contribution in [0.25, 0.3) is 0 Å². The number of hydrogen-bond donors (Lipinski definition) is 1. The van der Waals surface area contributed by atoms with Crippen molar-refractivity contribution in [3.63, 3.8) is 0 Å². The van der Waals surface area contributed by atoms with E-state index in [1.165, 1.54) is 0 Å². The Bertz CT molecular complexity index is 614. The number of halogens is 3. The second kappa shape index (κ2) is 4.73. The fraction of sp³-hybridized carbons (Fsp3) is 0. The molecule has 8 heteroatoms. The molecular formula is C10H4BrF2NO4. The molecule has 94 valence electrons. The lowest BCUT2D eigenvalue weighted by Crippen LogP contribution is -1.96. The molecule has 2 rings (SSSR count). The molecule has 0 fully saturated rings. The van der Waals surface area contributed by atoms with E-state index in [0.717, 1.165) is 18.4 Å². The average Bonchev–Trinajstić information content (AvgIpc) is 2.74. The third-order valence-electron chi connectivity index (χ3n) is 1.86. The third kappa shape index (κ3) is 2.48. The van der Waals surface area contributed by atoms with Crippen molar-refractivity contribution >= 4 is 21.9 Å². The van der Waals surface area contributed by atoms with Crippen molar-refractivity contribution in [1.29, 1.82) is 0 Å². The van der Waals surface area contributed by atoms with Crippen LogP contribution < -0.4 is 4.74 Å². The maximum absolute atomic E-state index is 13.3. The van der Waals surface area contributed by atoms with Gasteiger partial charge in [0.25, 0.3) is 0 Å². The summed E-state index contributed by atoms with van der Waals surface area (Å²) in [7, 11) is 0. The minimum Gasteiger partial charge on any atom is -0.476 e.